The molecule has 0 aliphatic rings. The Morgan fingerprint density at radius 3 is 2.14 bits per heavy atom. The number of alkyl halides is 3. The van der Waals surface area contributed by atoms with Gasteiger partial charge in [-0.3, -0.25) is 0 Å². The predicted octanol–water partition coefficient (Wildman–Crippen LogP) is 6.64. The Bertz CT molecular complexity index is 1320. The molecule has 0 fully saturated rings. The number of fused-ring (bicyclic) bond motifs is 1. The highest BCUT2D eigenvalue weighted by Crippen LogP contribution is 2.32. The maximum Gasteiger partial charge on any atom is 0.419 e. The van der Waals surface area contributed by atoms with Crippen LogP contribution in [-0.4, -0.2) is 17.1 Å². The van der Waals surface area contributed by atoms with Gasteiger partial charge in [0.2, 0.25) is 0 Å². The maximum atomic E-state index is 15.1. The minimum Gasteiger partial charge on any atom is -0.380 e. The molecule has 0 saturated carbocycles. The second-order valence-electron chi connectivity index (χ2n) is 8.35. The van der Waals surface area contributed by atoms with E-state index < -0.39 is 17.6 Å². The van der Waals surface area contributed by atoms with E-state index in [1.165, 1.54) is 6.07 Å². The van der Waals surface area contributed by atoms with Crippen molar-refractivity contribution in [2.75, 3.05) is 7.11 Å². The molecule has 4 aromatic rings. The molecule has 0 unspecified atom stereocenters. The molecule has 0 N–H and O–H groups in total. The van der Waals surface area contributed by atoms with E-state index in [1.807, 2.05) is 18.2 Å². The van der Waals surface area contributed by atoms with Crippen LogP contribution in [0, 0.1) is 11.6 Å². The highest BCUT2D eigenvalue weighted by atomic mass is 19.4. The van der Waals surface area contributed by atoms with E-state index in [4.69, 9.17) is 4.74 Å². The highest BCUT2D eigenvalue weighted by molar-refractivity contribution is 5.84. The molecule has 8 heteroatoms. The van der Waals surface area contributed by atoms with Crippen molar-refractivity contribution in [3.63, 3.8) is 0 Å². The molecule has 3 nitrogen and oxygen atoms in total. The summed E-state index contributed by atoms with van der Waals surface area (Å²) < 4.78 is 72.2. The summed E-state index contributed by atoms with van der Waals surface area (Å²) in [5, 5.41) is 1.21. The van der Waals surface area contributed by atoms with Gasteiger partial charge in [-0.05, 0) is 53.5 Å². The minimum atomic E-state index is -4.74. The Hall–Kier alpha value is -3.39. The number of methoxy groups -OCH3 is 1. The Kier molecular flexibility index (Phi) is 7.40. The number of rotatable bonds is 8. The topological polar surface area (TPSA) is 35.0 Å². The van der Waals surface area contributed by atoms with E-state index in [-0.39, 0.29) is 18.7 Å². The Labute approximate surface area is 199 Å². The second kappa shape index (κ2) is 10.5. The Morgan fingerprint density at radius 2 is 1.46 bits per heavy atom. The molecule has 0 aliphatic carbocycles. The summed E-state index contributed by atoms with van der Waals surface area (Å²) in [6, 6.07) is 11.8. The zero-order valence-electron chi connectivity index (χ0n) is 19.0. The summed E-state index contributed by atoms with van der Waals surface area (Å²) in [7, 11) is 1.61. The van der Waals surface area contributed by atoms with Crippen molar-refractivity contribution >= 4 is 10.8 Å². The van der Waals surface area contributed by atoms with Crippen molar-refractivity contribution in [3.8, 4) is 0 Å². The number of aryl methyl sites for hydroxylation is 4. The first-order valence-electron chi connectivity index (χ1n) is 11.1. The third-order valence-electron chi connectivity index (χ3n) is 5.83. The fourth-order valence-corrected chi connectivity index (χ4v) is 3.97. The number of nitrogens with zero attached hydrogens (tertiary/aromatic N) is 2. The average molecular weight is 486 g/mol. The van der Waals surface area contributed by atoms with Crippen LogP contribution in [-0.2, 0) is 43.2 Å². The molecule has 35 heavy (non-hydrogen) atoms. The van der Waals surface area contributed by atoms with Crippen LogP contribution < -0.4 is 0 Å². The Balaban J connectivity index is 1.43. The van der Waals surface area contributed by atoms with Gasteiger partial charge in [-0.15, -0.1) is 0 Å². The van der Waals surface area contributed by atoms with Crippen LogP contribution in [0.4, 0.5) is 22.0 Å². The van der Waals surface area contributed by atoms with E-state index in [1.54, 1.807) is 31.6 Å². The predicted molar refractivity (Wildman–Crippen MR) is 123 cm³/mol. The maximum absolute atomic E-state index is 15.1. The van der Waals surface area contributed by atoms with Gasteiger partial charge in [-0.1, -0.05) is 36.4 Å². The fraction of sp³-hybridized carbons (Fsp3) is 0.259. The molecule has 182 valence electrons. The summed E-state index contributed by atoms with van der Waals surface area (Å²) in [4.78, 5) is 8.68. The van der Waals surface area contributed by atoms with Gasteiger partial charge in [0.15, 0.2) is 0 Å². The zero-order valence-corrected chi connectivity index (χ0v) is 19.0. The molecular formula is C27H23F5N2O. The van der Waals surface area contributed by atoms with Crippen LogP contribution in [0.2, 0.25) is 0 Å². The summed E-state index contributed by atoms with van der Waals surface area (Å²) in [5.74, 6) is -0.984. The Morgan fingerprint density at radius 1 is 0.771 bits per heavy atom. The third kappa shape index (κ3) is 6.00. The van der Waals surface area contributed by atoms with Gasteiger partial charge >= 0.3 is 6.18 Å². The smallest absolute Gasteiger partial charge is 0.380 e. The van der Waals surface area contributed by atoms with E-state index in [0.717, 1.165) is 28.6 Å². The summed E-state index contributed by atoms with van der Waals surface area (Å²) >= 11 is 0. The van der Waals surface area contributed by atoms with Gasteiger partial charge in [0.05, 0.1) is 12.2 Å². The molecule has 0 atom stereocenters. The van der Waals surface area contributed by atoms with E-state index in [0.29, 0.717) is 41.8 Å². The number of hydrogen-bond donors (Lipinski definition) is 0. The van der Waals surface area contributed by atoms with Gasteiger partial charge in [0.25, 0.3) is 0 Å². The average Bonchev–Trinajstić information content (AvgIpc) is 2.82. The number of benzene rings is 3. The molecule has 0 amide bonds. The molecular weight excluding hydrogens is 463 g/mol. The largest absolute Gasteiger partial charge is 0.419 e. The van der Waals surface area contributed by atoms with Gasteiger partial charge < -0.3 is 4.74 Å². The summed E-state index contributed by atoms with van der Waals surface area (Å²) in [6.07, 6.45) is 0.535. The summed E-state index contributed by atoms with van der Waals surface area (Å²) in [6.45, 7) is 0.458. The molecule has 1 heterocycles. The van der Waals surface area contributed by atoms with Crippen molar-refractivity contribution < 1.29 is 26.7 Å². The standard InChI is InChI=1S/C27H23F5N2O/c1-35-16-19-14-33-25(34-15-19)11-5-17-3-9-22-21(12-17)8-7-20(26(22)29)6-2-18-4-10-23(24(28)13-18)27(30,31)32/h3-4,7-10,12-15H,2,5-6,11,16H2,1H3. The first-order chi connectivity index (χ1) is 16.7. The molecule has 0 spiro atoms. The van der Waals surface area contributed by atoms with Crippen LogP contribution in [0.15, 0.2) is 60.9 Å². The van der Waals surface area contributed by atoms with Gasteiger partial charge in [-0.25, -0.2) is 18.7 Å². The number of hydrogen-bond acceptors (Lipinski definition) is 3. The number of ether oxygens (including phenoxy) is 1. The second-order valence-corrected chi connectivity index (χ2v) is 8.35. The molecule has 0 bridgehead atoms. The molecule has 0 saturated heterocycles. The molecule has 0 radical (unpaired) electrons. The third-order valence-corrected chi connectivity index (χ3v) is 5.83. The van der Waals surface area contributed by atoms with Crippen molar-refractivity contribution in [1.82, 2.24) is 9.97 Å². The highest BCUT2D eigenvalue weighted by Gasteiger charge is 2.33. The van der Waals surface area contributed by atoms with Gasteiger partial charge in [0, 0.05) is 36.9 Å². The summed E-state index contributed by atoms with van der Waals surface area (Å²) in [5.41, 5.74) is 1.42. The lowest BCUT2D eigenvalue weighted by Crippen LogP contribution is -2.08. The zero-order chi connectivity index (χ0) is 25.0. The number of halogens is 5. The van der Waals surface area contributed by atoms with E-state index in [9.17, 15) is 17.6 Å². The molecule has 0 aliphatic heterocycles. The van der Waals surface area contributed by atoms with Crippen molar-refractivity contribution in [2.45, 2.75) is 38.5 Å². The SMILES string of the molecule is COCc1cnc(CCc2ccc3c(F)c(CCc4ccc(C(F)(F)F)c(F)c4)ccc3c2)nc1. The molecule has 4 rings (SSSR count). The monoisotopic (exact) mass is 486 g/mol. The van der Waals surface area contributed by atoms with Crippen LogP contribution in [0.1, 0.15) is 33.6 Å². The van der Waals surface area contributed by atoms with Crippen molar-refractivity contribution in [3.05, 3.63) is 106 Å². The fourth-order valence-electron chi connectivity index (χ4n) is 3.97. The van der Waals surface area contributed by atoms with Crippen LogP contribution in [0.5, 0.6) is 0 Å². The van der Waals surface area contributed by atoms with Gasteiger partial charge in [-0.2, -0.15) is 13.2 Å². The molecule has 1 aromatic heterocycles. The number of aromatic nitrogens is 2. The van der Waals surface area contributed by atoms with Crippen molar-refractivity contribution in [1.29, 1.82) is 0 Å². The quantitative estimate of drug-likeness (QED) is 0.262. The first-order valence-corrected chi connectivity index (χ1v) is 11.1. The van der Waals surface area contributed by atoms with E-state index in [2.05, 4.69) is 9.97 Å². The lowest BCUT2D eigenvalue weighted by molar-refractivity contribution is -0.140. The first kappa shape index (κ1) is 24.7. The van der Waals surface area contributed by atoms with Crippen molar-refractivity contribution in [2.24, 2.45) is 0 Å². The lowest BCUT2D eigenvalue weighted by atomic mass is 9.97. The van der Waals surface area contributed by atoms with Gasteiger partial charge in [0.1, 0.15) is 17.5 Å². The normalized spacial score (nSPS) is 11.8. The van der Waals surface area contributed by atoms with Crippen LogP contribution in [0.3, 0.4) is 0 Å². The van der Waals surface area contributed by atoms with Crippen LogP contribution >= 0.6 is 0 Å². The molecule has 3 aromatic carbocycles. The van der Waals surface area contributed by atoms with E-state index >= 15 is 4.39 Å². The lowest BCUT2D eigenvalue weighted by Gasteiger charge is -2.11. The van der Waals surface area contributed by atoms with Crippen LogP contribution in [0.25, 0.3) is 10.8 Å². The minimum absolute atomic E-state index is 0.221.